The first-order valence-electron chi connectivity index (χ1n) is 7.10. The fourth-order valence-corrected chi connectivity index (χ4v) is 2.49. The number of benzene rings is 1. The van der Waals surface area contributed by atoms with Crippen LogP contribution in [-0.2, 0) is 11.2 Å². The third-order valence-corrected chi connectivity index (χ3v) is 3.82. The maximum absolute atomic E-state index is 12.0. The minimum absolute atomic E-state index is 0.163. The number of halogens is 1. The summed E-state index contributed by atoms with van der Waals surface area (Å²) in [5.41, 5.74) is 1.07. The van der Waals surface area contributed by atoms with Gasteiger partial charge in [0, 0.05) is 31.2 Å². The van der Waals surface area contributed by atoms with Crippen molar-refractivity contribution in [2.45, 2.75) is 19.8 Å². The van der Waals surface area contributed by atoms with Crippen LogP contribution in [0.4, 0.5) is 0 Å². The lowest BCUT2D eigenvalue weighted by atomic mass is 10.1. The van der Waals surface area contributed by atoms with Gasteiger partial charge in [-0.05, 0) is 30.2 Å². The number of rotatable bonds is 5. The molecule has 5 heteroatoms. The van der Waals surface area contributed by atoms with Crippen LogP contribution in [0.1, 0.15) is 18.9 Å². The van der Waals surface area contributed by atoms with E-state index < -0.39 is 0 Å². The lowest BCUT2D eigenvalue weighted by Gasteiger charge is -2.27. The van der Waals surface area contributed by atoms with Crippen LogP contribution in [0, 0.1) is 0 Å². The molecule has 1 saturated heterocycles. The van der Waals surface area contributed by atoms with E-state index in [9.17, 15) is 4.79 Å². The minimum Gasteiger partial charge on any atom is -0.493 e. The molecular weight excluding hydrogens is 276 g/mol. The molecular formula is C15H21ClN2O2. The monoisotopic (exact) mass is 296 g/mol. The average Bonchev–Trinajstić information content (AvgIpc) is 2.49. The highest BCUT2D eigenvalue weighted by Crippen LogP contribution is 2.22. The zero-order valence-electron chi connectivity index (χ0n) is 11.8. The quantitative estimate of drug-likeness (QED) is 0.905. The molecule has 0 spiro atoms. The predicted molar refractivity (Wildman–Crippen MR) is 80.4 cm³/mol. The van der Waals surface area contributed by atoms with Gasteiger partial charge in [-0.25, -0.2) is 0 Å². The van der Waals surface area contributed by atoms with Crippen LogP contribution in [0.3, 0.4) is 0 Å². The van der Waals surface area contributed by atoms with Gasteiger partial charge < -0.3 is 15.0 Å². The molecule has 4 nitrogen and oxygen atoms in total. The van der Waals surface area contributed by atoms with E-state index in [1.807, 2.05) is 23.1 Å². The van der Waals surface area contributed by atoms with Crippen molar-refractivity contribution in [1.82, 2.24) is 10.2 Å². The smallest absolute Gasteiger partial charge is 0.226 e. The Labute approximate surface area is 125 Å². The van der Waals surface area contributed by atoms with Crippen molar-refractivity contribution >= 4 is 17.5 Å². The van der Waals surface area contributed by atoms with Crippen molar-refractivity contribution in [1.29, 1.82) is 0 Å². The molecule has 0 aliphatic carbocycles. The molecule has 0 unspecified atom stereocenters. The first-order valence-corrected chi connectivity index (χ1v) is 7.48. The largest absolute Gasteiger partial charge is 0.493 e. The van der Waals surface area contributed by atoms with Gasteiger partial charge in [0.25, 0.3) is 0 Å². The molecule has 1 aromatic carbocycles. The van der Waals surface area contributed by atoms with E-state index >= 15 is 0 Å². The number of ether oxygens (including phenoxy) is 1. The molecule has 0 radical (unpaired) electrons. The molecule has 0 aromatic heterocycles. The third-order valence-electron chi connectivity index (χ3n) is 3.45. The van der Waals surface area contributed by atoms with E-state index in [1.165, 1.54) is 0 Å². The summed E-state index contributed by atoms with van der Waals surface area (Å²) in [5, 5.41) is 3.99. The first-order chi connectivity index (χ1) is 9.70. The summed E-state index contributed by atoms with van der Waals surface area (Å²) in [4.78, 5) is 13.9. The Morgan fingerprint density at radius 3 is 2.85 bits per heavy atom. The summed E-state index contributed by atoms with van der Waals surface area (Å²) in [6, 6.07) is 5.63. The van der Waals surface area contributed by atoms with Crippen molar-refractivity contribution in [2.24, 2.45) is 0 Å². The summed E-state index contributed by atoms with van der Waals surface area (Å²) >= 11 is 6.06. The van der Waals surface area contributed by atoms with Crippen molar-refractivity contribution in [3.8, 4) is 5.75 Å². The number of nitrogens with zero attached hydrogens (tertiary/aromatic N) is 1. The van der Waals surface area contributed by atoms with Crippen LogP contribution in [0.15, 0.2) is 18.2 Å². The van der Waals surface area contributed by atoms with Gasteiger partial charge in [0.2, 0.25) is 5.91 Å². The van der Waals surface area contributed by atoms with E-state index in [4.69, 9.17) is 16.3 Å². The molecule has 1 aliphatic rings. The number of carbonyl (C=O) groups excluding carboxylic acids is 1. The van der Waals surface area contributed by atoms with E-state index in [2.05, 4.69) is 12.2 Å². The molecule has 1 N–H and O–H groups in total. The standard InChI is InChI=1S/C15H21ClN2O2/c1-2-12-11-13(3-4-14(12)16)20-10-5-15(19)18-8-6-17-7-9-18/h3-4,11,17H,2,5-10H2,1H3. The molecule has 20 heavy (non-hydrogen) atoms. The van der Waals surface area contributed by atoms with Gasteiger partial charge in [-0.3, -0.25) is 4.79 Å². The lowest BCUT2D eigenvalue weighted by molar-refractivity contribution is -0.132. The molecule has 0 saturated carbocycles. The molecule has 1 amide bonds. The summed E-state index contributed by atoms with van der Waals surface area (Å²) in [7, 11) is 0. The molecule has 1 aliphatic heterocycles. The summed E-state index contributed by atoms with van der Waals surface area (Å²) in [6.07, 6.45) is 1.29. The fourth-order valence-electron chi connectivity index (χ4n) is 2.24. The molecule has 1 heterocycles. The van der Waals surface area contributed by atoms with Crippen LogP contribution >= 0.6 is 11.6 Å². The topological polar surface area (TPSA) is 41.6 Å². The second kappa shape index (κ2) is 7.50. The Bertz CT molecular complexity index is 459. The van der Waals surface area contributed by atoms with Crippen LogP contribution in [0.25, 0.3) is 0 Å². The zero-order chi connectivity index (χ0) is 14.4. The Kier molecular flexibility index (Phi) is 5.68. The van der Waals surface area contributed by atoms with Gasteiger partial charge in [-0.1, -0.05) is 18.5 Å². The predicted octanol–water partition coefficient (Wildman–Crippen LogP) is 2.10. The van der Waals surface area contributed by atoms with Gasteiger partial charge in [-0.15, -0.1) is 0 Å². The third kappa shape index (κ3) is 4.12. The van der Waals surface area contributed by atoms with Crippen molar-refractivity contribution in [3.05, 3.63) is 28.8 Å². The van der Waals surface area contributed by atoms with Gasteiger partial charge >= 0.3 is 0 Å². The number of aryl methyl sites for hydroxylation is 1. The molecule has 2 rings (SSSR count). The van der Waals surface area contributed by atoms with Gasteiger partial charge in [0.15, 0.2) is 0 Å². The normalized spacial score (nSPS) is 15.2. The highest BCUT2D eigenvalue weighted by molar-refractivity contribution is 6.31. The number of hydrogen-bond acceptors (Lipinski definition) is 3. The summed E-state index contributed by atoms with van der Waals surface area (Å²) in [6.45, 7) is 5.80. The van der Waals surface area contributed by atoms with E-state index in [0.717, 1.165) is 48.9 Å². The Morgan fingerprint density at radius 2 is 2.15 bits per heavy atom. The number of nitrogens with one attached hydrogen (secondary N) is 1. The number of hydrogen-bond donors (Lipinski definition) is 1. The van der Waals surface area contributed by atoms with E-state index in [1.54, 1.807) is 0 Å². The molecule has 0 bridgehead atoms. The number of amides is 1. The summed E-state index contributed by atoms with van der Waals surface area (Å²) < 4.78 is 5.64. The SMILES string of the molecule is CCc1cc(OCCC(=O)N2CCNCC2)ccc1Cl. The Balaban J connectivity index is 1.79. The highest BCUT2D eigenvalue weighted by Gasteiger charge is 2.15. The minimum atomic E-state index is 0.163. The lowest BCUT2D eigenvalue weighted by Crippen LogP contribution is -2.46. The fraction of sp³-hybridized carbons (Fsp3) is 0.533. The van der Waals surface area contributed by atoms with Crippen molar-refractivity contribution < 1.29 is 9.53 Å². The van der Waals surface area contributed by atoms with Gasteiger partial charge in [0.05, 0.1) is 13.0 Å². The number of piperazine rings is 1. The molecule has 0 atom stereocenters. The van der Waals surface area contributed by atoms with Crippen molar-refractivity contribution in [3.63, 3.8) is 0 Å². The van der Waals surface area contributed by atoms with Gasteiger partial charge in [0.1, 0.15) is 5.75 Å². The highest BCUT2D eigenvalue weighted by atomic mass is 35.5. The first kappa shape index (κ1) is 15.1. The summed E-state index contributed by atoms with van der Waals surface area (Å²) in [5.74, 6) is 0.940. The van der Waals surface area contributed by atoms with Crippen LogP contribution < -0.4 is 10.1 Å². The Morgan fingerprint density at radius 1 is 1.40 bits per heavy atom. The second-order valence-corrected chi connectivity index (χ2v) is 5.24. The zero-order valence-corrected chi connectivity index (χ0v) is 12.6. The Hall–Kier alpha value is -1.26. The molecule has 1 fully saturated rings. The average molecular weight is 297 g/mol. The number of carbonyl (C=O) groups is 1. The second-order valence-electron chi connectivity index (χ2n) is 4.84. The maximum Gasteiger partial charge on any atom is 0.226 e. The van der Waals surface area contributed by atoms with E-state index in [0.29, 0.717) is 13.0 Å². The van der Waals surface area contributed by atoms with Gasteiger partial charge in [-0.2, -0.15) is 0 Å². The van der Waals surface area contributed by atoms with Crippen molar-refractivity contribution in [2.75, 3.05) is 32.8 Å². The van der Waals surface area contributed by atoms with Crippen LogP contribution in [-0.4, -0.2) is 43.6 Å². The van der Waals surface area contributed by atoms with Crippen LogP contribution in [0.5, 0.6) is 5.75 Å². The maximum atomic E-state index is 12.0. The van der Waals surface area contributed by atoms with E-state index in [-0.39, 0.29) is 5.91 Å². The molecule has 1 aromatic rings. The molecule has 110 valence electrons. The van der Waals surface area contributed by atoms with Crippen LogP contribution in [0.2, 0.25) is 5.02 Å².